The Kier molecular flexibility index (Phi) is 6.72. The molecule has 0 amide bonds. The van der Waals surface area contributed by atoms with Crippen molar-refractivity contribution in [3.63, 3.8) is 0 Å². The summed E-state index contributed by atoms with van der Waals surface area (Å²) in [5.74, 6) is -0.443. The van der Waals surface area contributed by atoms with Gasteiger partial charge in [0.15, 0.2) is 8.32 Å². The summed E-state index contributed by atoms with van der Waals surface area (Å²) in [5.41, 5.74) is 6.53. The predicted octanol–water partition coefficient (Wildman–Crippen LogP) is 5.10. The molecule has 0 radical (unpaired) electrons. The predicted molar refractivity (Wildman–Crippen MR) is 116 cm³/mol. The molecule has 3 N–H and O–H groups in total. The van der Waals surface area contributed by atoms with Gasteiger partial charge in [-0.1, -0.05) is 20.8 Å². The smallest absolute Gasteiger partial charge is 0.255 e. The molecule has 7 heteroatoms. The number of aromatic amines is 1. The average molecular weight is 457 g/mol. The van der Waals surface area contributed by atoms with Gasteiger partial charge in [0.05, 0.1) is 16.0 Å². The second kappa shape index (κ2) is 8.15. The normalized spacial score (nSPS) is 15.1. The largest absolute Gasteiger partial charge is 0.414 e. The van der Waals surface area contributed by atoms with Gasteiger partial charge in [-0.2, -0.15) is 0 Å². The molecule has 4 nitrogen and oxygen atoms in total. The summed E-state index contributed by atoms with van der Waals surface area (Å²) in [4.78, 5) is 14.7. The Morgan fingerprint density at radius 3 is 2.52 bits per heavy atom. The van der Waals surface area contributed by atoms with Gasteiger partial charge >= 0.3 is 0 Å². The van der Waals surface area contributed by atoms with E-state index in [4.69, 9.17) is 10.2 Å². The van der Waals surface area contributed by atoms with Crippen LogP contribution in [-0.2, 0) is 10.8 Å². The highest BCUT2D eigenvalue weighted by Crippen LogP contribution is 2.39. The highest BCUT2D eigenvalue weighted by atomic mass is 79.9. The van der Waals surface area contributed by atoms with Crippen LogP contribution in [0.2, 0.25) is 18.1 Å². The van der Waals surface area contributed by atoms with E-state index in [9.17, 15) is 9.18 Å². The van der Waals surface area contributed by atoms with Crippen LogP contribution in [0.1, 0.15) is 39.7 Å². The molecule has 150 valence electrons. The van der Waals surface area contributed by atoms with Crippen LogP contribution in [0.25, 0.3) is 10.8 Å². The fourth-order valence-corrected chi connectivity index (χ4v) is 4.81. The molecule has 2 rings (SSSR count). The first-order chi connectivity index (χ1) is 12.3. The molecule has 0 saturated carbocycles. The maximum atomic E-state index is 14.5. The molecule has 0 fully saturated rings. The Morgan fingerprint density at radius 2 is 1.96 bits per heavy atom. The van der Waals surface area contributed by atoms with E-state index in [0.29, 0.717) is 22.7 Å². The Hall–Kier alpha value is -1.02. The summed E-state index contributed by atoms with van der Waals surface area (Å²) in [6.45, 7) is 12.9. The van der Waals surface area contributed by atoms with Crippen LogP contribution in [0.15, 0.2) is 27.6 Å². The van der Waals surface area contributed by atoms with E-state index in [1.54, 1.807) is 6.20 Å². The lowest BCUT2D eigenvalue weighted by atomic mass is 9.98. The molecule has 1 aromatic heterocycles. The highest BCUT2D eigenvalue weighted by molar-refractivity contribution is 9.10. The van der Waals surface area contributed by atoms with Gasteiger partial charge in [0, 0.05) is 12.2 Å². The Bertz CT molecular complexity index is 875. The van der Waals surface area contributed by atoms with Crippen LogP contribution in [-0.4, -0.2) is 25.4 Å². The first-order valence-corrected chi connectivity index (χ1v) is 13.0. The number of nitrogens with one attached hydrogen (secondary N) is 1. The number of pyridine rings is 1. The molecule has 27 heavy (non-hydrogen) atoms. The SMILES string of the molecule is C[C@H](N)C[C@H](Cc1c(Br)c(F)cc2c(=O)[nH]ccc12)O[Si](C)(C)C(C)(C)C. The van der Waals surface area contributed by atoms with Crippen molar-refractivity contribution in [3.8, 4) is 0 Å². The molecule has 0 bridgehead atoms. The van der Waals surface area contributed by atoms with E-state index in [1.165, 1.54) is 6.07 Å². The van der Waals surface area contributed by atoms with Crippen molar-refractivity contribution in [3.05, 3.63) is 44.5 Å². The molecule has 0 saturated heterocycles. The fourth-order valence-electron chi connectivity index (χ4n) is 2.96. The summed E-state index contributed by atoms with van der Waals surface area (Å²) < 4.78 is 21.5. The van der Waals surface area contributed by atoms with Crippen molar-refractivity contribution < 1.29 is 8.82 Å². The third-order valence-corrected chi connectivity index (χ3v) is 10.8. The van der Waals surface area contributed by atoms with Crippen LogP contribution < -0.4 is 11.3 Å². The molecule has 2 atom stereocenters. The summed E-state index contributed by atoms with van der Waals surface area (Å²) in [7, 11) is -2.03. The van der Waals surface area contributed by atoms with Crippen molar-refractivity contribution >= 4 is 35.0 Å². The molecular formula is C20H30BrFN2O2Si. The van der Waals surface area contributed by atoms with E-state index in [2.05, 4.69) is 54.8 Å². The number of H-pyrrole nitrogens is 1. The maximum absolute atomic E-state index is 14.5. The summed E-state index contributed by atoms with van der Waals surface area (Å²) in [6.07, 6.45) is 2.60. The topological polar surface area (TPSA) is 68.1 Å². The minimum Gasteiger partial charge on any atom is -0.414 e. The Balaban J connectivity index is 2.51. The zero-order valence-electron chi connectivity index (χ0n) is 17.0. The molecule has 1 heterocycles. The number of rotatable bonds is 6. The van der Waals surface area contributed by atoms with Crippen LogP contribution in [0, 0.1) is 5.82 Å². The first-order valence-electron chi connectivity index (χ1n) is 9.25. The molecule has 0 aliphatic heterocycles. The third kappa shape index (κ3) is 5.07. The van der Waals surface area contributed by atoms with E-state index < -0.39 is 14.1 Å². The van der Waals surface area contributed by atoms with Gasteiger partial charge in [-0.25, -0.2) is 4.39 Å². The van der Waals surface area contributed by atoms with Crippen molar-refractivity contribution in [2.45, 2.75) is 70.8 Å². The van der Waals surface area contributed by atoms with Gasteiger partial charge in [-0.15, -0.1) is 0 Å². The zero-order chi connectivity index (χ0) is 20.6. The number of benzene rings is 1. The van der Waals surface area contributed by atoms with Crippen molar-refractivity contribution in [1.29, 1.82) is 0 Å². The number of hydrogen-bond donors (Lipinski definition) is 2. The lowest BCUT2D eigenvalue weighted by Gasteiger charge is -2.40. The van der Waals surface area contributed by atoms with E-state index in [1.807, 2.05) is 13.0 Å². The lowest BCUT2D eigenvalue weighted by molar-refractivity contribution is 0.164. The van der Waals surface area contributed by atoms with Crippen molar-refractivity contribution in [2.24, 2.45) is 5.73 Å². The molecule has 2 aromatic rings. The van der Waals surface area contributed by atoms with Crippen LogP contribution in [0.5, 0.6) is 0 Å². The fraction of sp³-hybridized carbons (Fsp3) is 0.550. The Labute approximate surface area is 169 Å². The second-order valence-electron chi connectivity index (χ2n) is 8.84. The number of fused-ring (bicyclic) bond motifs is 1. The van der Waals surface area contributed by atoms with Crippen LogP contribution in [0.4, 0.5) is 4.39 Å². The standard InChI is InChI=1S/C20H30BrFN2O2Si/c1-12(23)9-13(26-27(5,6)20(2,3)4)10-15-14-7-8-24-19(25)16(14)11-17(22)18(15)21/h7-8,11-13H,9-10,23H2,1-6H3,(H,24,25)/t12-,13+/m0/s1. The minimum atomic E-state index is -2.03. The van der Waals surface area contributed by atoms with Gasteiger partial charge in [0.2, 0.25) is 0 Å². The summed E-state index contributed by atoms with van der Waals surface area (Å²) in [6, 6.07) is 3.05. The van der Waals surface area contributed by atoms with Gasteiger partial charge in [0.1, 0.15) is 5.82 Å². The molecule has 1 aromatic carbocycles. The van der Waals surface area contributed by atoms with E-state index >= 15 is 0 Å². The minimum absolute atomic E-state index is 0.0400. The lowest BCUT2D eigenvalue weighted by Crippen LogP contribution is -2.45. The molecule has 0 aliphatic rings. The molecule has 0 spiro atoms. The molecule has 0 aliphatic carbocycles. The third-order valence-electron chi connectivity index (χ3n) is 5.40. The van der Waals surface area contributed by atoms with Gasteiger partial charge in [-0.05, 0) is 76.9 Å². The molecule has 0 unspecified atom stereocenters. The number of aromatic nitrogens is 1. The van der Waals surface area contributed by atoms with Crippen LogP contribution >= 0.6 is 15.9 Å². The van der Waals surface area contributed by atoms with Crippen LogP contribution in [0.3, 0.4) is 0 Å². The van der Waals surface area contributed by atoms with Crippen molar-refractivity contribution in [2.75, 3.05) is 0 Å². The second-order valence-corrected chi connectivity index (χ2v) is 14.4. The van der Waals surface area contributed by atoms with Gasteiger partial charge in [-0.3, -0.25) is 4.79 Å². The summed E-state index contributed by atoms with van der Waals surface area (Å²) >= 11 is 3.38. The average Bonchev–Trinajstić information content (AvgIpc) is 2.50. The number of nitrogens with two attached hydrogens (primary N) is 1. The zero-order valence-corrected chi connectivity index (χ0v) is 19.5. The summed E-state index contributed by atoms with van der Waals surface area (Å²) in [5, 5.41) is 1.14. The quantitative estimate of drug-likeness (QED) is 0.593. The number of hydrogen-bond acceptors (Lipinski definition) is 3. The maximum Gasteiger partial charge on any atom is 0.255 e. The van der Waals surface area contributed by atoms with E-state index in [-0.39, 0.29) is 22.7 Å². The van der Waals surface area contributed by atoms with Gasteiger partial charge < -0.3 is 15.1 Å². The first kappa shape index (κ1) is 22.3. The van der Waals surface area contributed by atoms with E-state index in [0.717, 1.165) is 10.9 Å². The van der Waals surface area contributed by atoms with Crippen molar-refractivity contribution in [1.82, 2.24) is 4.98 Å². The monoisotopic (exact) mass is 456 g/mol. The highest BCUT2D eigenvalue weighted by Gasteiger charge is 2.39. The number of halogens is 2. The molecular weight excluding hydrogens is 427 g/mol. The Morgan fingerprint density at radius 1 is 1.33 bits per heavy atom. The van der Waals surface area contributed by atoms with Gasteiger partial charge in [0.25, 0.3) is 5.56 Å².